The lowest BCUT2D eigenvalue weighted by Crippen LogP contribution is -2.33. The summed E-state index contributed by atoms with van der Waals surface area (Å²) in [5, 5.41) is 14.4. The summed E-state index contributed by atoms with van der Waals surface area (Å²) < 4.78 is 4.84. The zero-order valence-electron chi connectivity index (χ0n) is 12.3. The molecule has 1 atom stereocenters. The van der Waals surface area contributed by atoms with Crippen molar-refractivity contribution in [2.24, 2.45) is 0 Å². The fraction of sp³-hybridized carbons (Fsp3) is 0.250. The third kappa shape index (κ3) is 4.83. The number of rotatable bonds is 6. The number of amides is 1. The Bertz CT molecular complexity index is 587. The molecule has 2 aromatic rings. The van der Waals surface area contributed by atoms with E-state index in [1.165, 1.54) is 0 Å². The maximum Gasteiger partial charge on any atom is 0.407 e. The van der Waals surface area contributed by atoms with Gasteiger partial charge in [0.1, 0.15) is 12.8 Å². The molecule has 0 fully saturated rings. The normalized spacial score (nSPS) is 11.7. The van der Waals surface area contributed by atoms with Crippen molar-refractivity contribution < 1.29 is 14.6 Å². The van der Waals surface area contributed by atoms with Gasteiger partial charge in [0.15, 0.2) is 0 Å². The van der Waals surface area contributed by atoms with Gasteiger partial charge < -0.3 is 15.2 Å². The first-order chi connectivity index (χ1) is 10.7. The van der Waals surface area contributed by atoms with Crippen LogP contribution in [0.3, 0.4) is 0 Å². The van der Waals surface area contributed by atoms with Gasteiger partial charge in [-0.05, 0) is 24.7 Å². The van der Waals surface area contributed by atoms with Crippen molar-refractivity contribution in [3.8, 4) is 11.3 Å². The van der Waals surface area contributed by atoms with E-state index in [2.05, 4.69) is 15.6 Å². The zero-order chi connectivity index (χ0) is 15.8. The van der Waals surface area contributed by atoms with Crippen molar-refractivity contribution in [2.45, 2.75) is 12.8 Å². The van der Waals surface area contributed by atoms with Gasteiger partial charge in [-0.15, -0.1) is 0 Å². The van der Waals surface area contributed by atoms with Crippen LogP contribution >= 0.6 is 0 Å². The molecule has 0 bridgehead atoms. The highest BCUT2D eigenvalue weighted by Gasteiger charge is 2.06. The van der Waals surface area contributed by atoms with Crippen molar-refractivity contribution in [1.29, 1.82) is 0 Å². The van der Waals surface area contributed by atoms with Gasteiger partial charge in [0, 0.05) is 18.3 Å². The number of likely N-dealkylation sites (N-methyl/N-ethyl adjacent to an activating group) is 1. The van der Waals surface area contributed by atoms with Gasteiger partial charge in [-0.25, -0.2) is 4.79 Å². The number of carbonyl (C=O) groups is 1. The van der Waals surface area contributed by atoms with Gasteiger partial charge in [-0.2, -0.15) is 0 Å². The van der Waals surface area contributed by atoms with E-state index in [4.69, 9.17) is 4.74 Å². The van der Waals surface area contributed by atoms with Crippen molar-refractivity contribution in [1.82, 2.24) is 15.6 Å². The molecule has 1 amide bonds. The number of hydrogen-bond donors (Lipinski definition) is 3. The molecule has 0 aliphatic carbocycles. The molecule has 6 heteroatoms. The predicted octanol–water partition coefficient (Wildman–Crippen LogP) is 1.51. The van der Waals surface area contributed by atoms with E-state index in [-0.39, 0.29) is 6.61 Å². The summed E-state index contributed by atoms with van der Waals surface area (Å²) in [5.41, 5.74) is 2.87. The number of ether oxygens (including phenoxy) is 1. The largest absolute Gasteiger partial charge is 0.445 e. The number of aromatic nitrogens is 1. The molecule has 1 aromatic carbocycles. The van der Waals surface area contributed by atoms with E-state index in [0.29, 0.717) is 6.54 Å². The molecule has 2 rings (SSSR count). The van der Waals surface area contributed by atoms with Crippen molar-refractivity contribution in [2.75, 3.05) is 13.7 Å². The lowest BCUT2D eigenvalue weighted by molar-refractivity contribution is 0.0534. The second-order valence-corrected chi connectivity index (χ2v) is 4.67. The second-order valence-electron chi connectivity index (χ2n) is 4.67. The Kier molecular flexibility index (Phi) is 5.88. The van der Waals surface area contributed by atoms with Crippen LogP contribution in [0.4, 0.5) is 4.79 Å². The first-order valence-electron chi connectivity index (χ1n) is 6.95. The Hall–Kier alpha value is -2.44. The Labute approximate surface area is 129 Å². The van der Waals surface area contributed by atoms with Gasteiger partial charge in [-0.3, -0.25) is 10.3 Å². The molecule has 116 valence electrons. The Morgan fingerprint density at radius 1 is 1.27 bits per heavy atom. The van der Waals surface area contributed by atoms with Gasteiger partial charge in [0.05, 0.1) is 5.69 Å². The molecule has 1 unspecified atom stereocenters. The van der Waals surface area contributed by atoms with Crippen LogP contribution in [0, 0.1) is 0 Å². The fourth-order valence-corrected chi connectivity index (χ4v) is 1.79. The fourth-order valence-electron chi connectivity index (χ4n) is 1.79. The number of nitrogens with one attached hydrogen (secondary N) is 2. The Balaban J connectivity index is 1.83. The third-order valence-corrected chi connectivity index (χ3v) is 3.06. The Morgan fingerprint density at radius 2 is 2.05 bits per heavy atom. The molecule has 0 aliphatic rings. The van der Waals surface area contributed by atoms with E-state index in [0.717, 1.165) is 16.8 Å². The summed E-state index contributed by atoms with van der Waals surface area (Å²) in [5.74, 6) is 0. The Morgan fingerprint density at radius 3 is 2.68 bits per heavy atom. The number of alkyl carbamates (subject to hydrolysis) is 1. The van der Waals surface area contributed by atoms with Crippen LogP contribution in [0.5, 0.6) is 0 Å². The summed E-state index contributed by atoms with van der Waals surface area (Å²) in [6.45, 7) is 0.262. The van der Waals surface area contributed by atoms with Crippen LogP contribution in [0.15, 0.2) is 48.7 Å². The standard InChI is InChI=1S/C16H19N3O3/c1-17-15(20)11-22-16(21)19-10-12-5-7-13(8-6-12)14-4-2-3-9-18-14/h2-9,15,17,20H,10-11H2,1H3,(H,19,21). The van der Waals surface area contributed by atoms with Crippen LogP contribution in [0.2, 0.25) is 0 Å². The summed E-state index contributed by atoms with van der Waals surface area (Å²) in [7, 11) is 1.58. The zero-order valence-corrected chi connectivity index (χ0v) is 12.3. The average molecular weight is 301 g/mol. The SMILES string of the molecule is CNC(O)COC(=O)NCc1ccc(-c2ccccn2)cc1. The van der Waals surface area contributed by atoms with Crippen LogP contribution in [-0.4, -0.2) is 36.1 Å². The third-order valence-electron chi connectivity index (χ3n) is 3.06. The smallest absolute Gasteiger partial charge is 0.407 e. The molecule has 1 aromatic heterocycles. The molecule has 0 radical (unpaired) electrons. The number of carbonyl (C=O) groups excluding carboxylic acids is 1. The quantitative estimate of drug-likeness (QED) is 0.705. The van der Waals surface area contributed by atoms with Gasteiger partial charge in [-0.1, -0.05) is 30.3 Å². The van der Waals surface area contributed by atoms with E-state index < -0.39 is 12.3 Å². The number of pyridine rings is 1. The molecule has 22 heavy (non-hydrogen) atoms. The molecule has 0 saturated carbocycles. The molecule has 0 saturated heterocycles. The van der Waals surface area contributed by atoms with E-state index in [1.54, 1.807) is 13.2 Å². The minimum atomic E-state index is -0.858. The van der Waals surface area contributed by atoms with Crippen molar-refractivity contribution in [3.05, 3.63) is 54.2 Å². The number of hydrogen-bond acceptors (Lipinski definition) is 5. The number of aliphatic hydroxyl groups excluding tert-OH is 1. The average Bonchev–Trinajstić information content (AvgIpc) is 2.59. The lowest BCUT2D eigenvalue weighted by atomic mass is 10.1. The maximum absolute atomic E-state index is 11.4. The number of aliphatic hydroxyl groups is 1. The number of nitrogens with zero attached hydrogens (tertiary/aromatic N) is 1. The minimum absolute atomic E-state index is 0.0963. The summed E-state index contributed by atoms with van der Waals surface area (Å²) in [4.78, 5) is 15.7. The first kappa shape index (κ1) is 15.9. The second kappa shape index (κ2) is 8.11. The summed E-state index contributed by atoms with van der Waals surface area (Å²) >= 11 is 0. The van der Waals surface area contributed by atoms with Crippen molar-refractivity contribution >= 4 is 6.09 Å². The highest BCUT2D eigenvalue weighted by Crippen LogP contribution is 2.16. The molecule has 0 aliphatic heterocycles. The van der Waals surface area contributed by atoms with Crippen LogP contribution in [0.25, 0.3) is 11.3 Å². The predicted molar refractivity (Wildman–Crippen MR) is 82.9 cm³/mol. The first-order valence-corrected chi connectivity index (χ1v) is 6.95. The molecule has 0 spiro atoms. The van der Waals surface area contributed by atoms with Crippen LogP contribution in [-0.2, 0) is 11.3 Å². The molecule has 3 N–H and O–H groups in total. The maximum atomic E-state index is 11.4. The van der Waals surface area contributed by atoms with E-state index in [1.807, 2.05) is 42.5 Å². The molecule has 6 nitrogen and oxygen atoms in total. The van der Waals surface area contributed by atoms with Crippen LogP contribution in [0.1, 0.15) is 5.56 Å². The highest BCUT2D eigenvalue weighted by atomic mass is 16.6. The van der Waals surface area contributed by atoms with E-state index in [9.17, 15) is 9.90 Å². The minimum Gasteiger partial charge on any atom is -0.445 e. The van der Waals surface area contributed by atoms with Gasteiger partial charge in [0.2, 0.25) is 0 Å². The lowest BCUT2D eigenvalue weighted by Gasteiger charge is -2.11. The van der Waals surface area contributed by atoms with Crippen LogP contribution < -0.4 is 10.6 Å². The molecule has 1 heterocycles. The van der Waals surface area contributed by atoms with Gasteiger partial charge in [0.25, 0.3) is 0 Å². The molecular weight excluding hydrogens is 282 g/mol. The monoisotopic (exact) mass is 301 g/mol. The number of benzene rings is 1. The van der Waals surface area contributed by atoms with Gasteiger partial charge >= 0.3 is 6.09 Å². The molecular formula is C16H19N3O3. The summed E-state index contributed by atoms with van der Waals surface area (Å²) in [6, 6.07) is 13.5. The highest BCUT2D eigenvalue weighted by molar-refractivity contribution is 5.67. The summed E-state index contributed by atoms with van der Waals surface area (Å²) in [6.07, 6.45) is 0.326. The van der Waals surface area contributed by atoms with E-state index >= 15 is 0 Å². The topological polar surface area (TPSA) is 83.5 Å². The van der Waals surface area contributed by atoms with Crippen molar-refractivity contribution in [3.63, 3.8) is 0 Å².